The molecule has 0 radical (unpaired) electrons. The first kappa shape index (κ1) is 12.4. The molecule has 3 rings (SSSR count). The van der Waals surface area contributed by atoms with E-state index < -0.39 is 0 Å². The molecule has 1 atom stereocenters. The SMILES string of the molecule is O=C(NCC1COc2ccccc21)c1ccc(=O)[nH]n1. The van der Waals surface area contributed by atoms with Gasteiger partial charge in [0.2, 0.25) is 0 Å². The fourth-order valence-electron chi connectivity index (χ4n) is 2.18. The molecule has 2 aromatic rings. The van der Waals surface area contributed by atoms with Gasteiger partial charge in [0.1, 0.15) is 11.4 Å². The van der Waals surface area contributed by atoms with Crippen LogP contribution in [0.15, 0.2) is 41.2 Å². The lowest BCUT2D eigenvalue weighted by Gasteiger charge is -2.09. The van der Waals surface area contributed by atoms with E-state index in [1.54, 1.807) is 0 Å². The fraction of sp³-hybridized carbons (Fsp3) is 0.214. The molecular formula is C14H13N3O3. The van der Waals surface area contributed by atoms with Gasteiger partial charge in [-0.1, -0.05) is 18.2 Å². The van der Waals surface area contributed by atoms with Crippen LogP contribution in [0.25, 0.3) is 0 Å². The number of nitrogens with zero attached hydrogens (tertiary/aromatic N) is 1. The molecule has 0 fully saturated rings. The molecule has 1 amide bonds. The lowest BCUT2D eigenvalue weighted by molar-refractivity contribution is 0.0944. The average molecular weight is 271 g/mol. The Bertz CT molecular complexity index is 676. The van der Waals surface area contributed by atoms with Crippen LogP contribution in [0.5, 0.6) is 5.75 Å². The van der Waals surface area contributed by atoms with Gasteiger partial charge in [-0.15, -0.1) is 0 Å². The molecule has 2 heterocycles. The summed E-state index contributed by atoms with van der Waals surface area (Å²) in [5.41, 5.74) is 0.957. The maximum absolute atomic E-state index is 11.9. The van der Waals surface area contributed by atoms with E-state index in [-0.39, 0.29) is 23.1 Å². The molecule has 20 heavy (non-hydrogen) atoms. The van der Waals surface area contributed by atoms with E-state index in [4.69, 9.17) is 4.74 Å². The predicted octanol–water partition coefficient (Wildman–Crippen LogP) is 0.676. The van der Waals surface area contributed by atoms with Crippen molar-refractivity contribution >= 4 is 5.91 Å². The maximum atomic E-state index is 11.9. The van der Waals surface area contributed by atoms with E-state index in [9.17, 15) is 9.59 Å². The number of aromatic amines is 1. The summed E-state index contributed by atoms with van der Waals surface area (Å²) in [7, 11) is 0. The molecule has 1 aliphatic heterocycles. The van der Waals surface area contributed by atoms with Crippen molar-refractivity contribution in [3.05, 3.63) is 58.0 Å². The van der Waals surface area contributed by atoms with Crippen LogP contribution in [0.3, 0.4) is 0 Å². The van der Waals surface area contributed by atoms with Crippen LogP contribution in [0.1, 0.15) is 22.0 Å². The summed E-state index contributed by atoms with van der Waals surface area (Å²) in [6.07, 6.45) is 0. The van der Waals surface area contributed by atoms with Crippen LogP contribution in [0.2, 0.25) is 0 Å². The number of nitrogens with one attached hydrogen (secondary N) is 2. The Morgan fingerprint density at radius 1 is 1.35 bits per heavy atom. The first-order valence-corrected chi connectivity index (χ1v) is 6.30. The Morgan fingerprint density at radius 3 is 3.00 bits per heavy atom. The van der Waals surface area contributed by atoms with Crippen LogP contribution < -0.4 is 15.6 Å². The number of benzene rings is 1. The molecule has 1 unspecified atom stereocenters. The molecule has 0 aliphatic carbocycles. The highest BCUT2D eigenvalue weighted by molar-refractivity contribution is 5.92. The Hall–Kier alpha value is -2.63. The molecule has 2 N–H and O–H groups in total. The highest BCUT2D eigenvalue weighted by atomic mass is 16.5. The van der Waals surface area contributed by atoms with Gasteiger partial charge in [0.25, 0.3) is 11.5 Å². The van der Waals surface area contributed by atoms with Crippen molar-refractivity contribution < 1.29 is 9.53 Å². The Kier molecular flexibility index (Phi) is 3.20. The van der Waals surface area contributed by atoms with E-state index >= 15 is 0 Å². The molecule has 0 spiro atoms. The largest absolute Gasteiger partial charge is 0.493 e. The highest BCUT2D eigenvalue weighted by Gasteiger charge is 2.24. The Labute approximate surface area is 114 Å². The zero-order valence-corrected chi connectivity index (χ0v) is 10.6. The molecular weight excluding hydrogens is 258 g/mol. The van der Waals surface area contributed by atoms with Gasteiger partial charge in [-0.3, -0.25) is 9.59 Å². The third-order valence-corrected chi connectivity index (χ3v) is 3.22. The van der Waals surface area contributed by atoms with E-state index in [0.29, 0.717) is 13.2 Å². The van der Waals surface area contributed by atoms with Crippen molar-refractivity contribution in [1.29, 1.82) is 0 Å². The van der Waals surface area contributed by atoms with E-state index in [1.165, 1.54) is 12.1 Å². The minimum absolute atomic E-state index is 0.137. The number of rotatable bonds is 3. The Morgan fingerprint density at radius 2 is 2.20 bits per heavy atom. The minimum atomic E-state index is -0.334. The van der Waals surface area contributed by atoms with Gasteiger partial charge < -0.3 is 10.1 Å². The topological polar surface area (TPSA) is 84.1 Å². The smallest absolute Gasteiger partial charge is 0.271 e. The van der Waals surface area contributed by atoms with Gasteiger partial charge in [0, 0.05) is 24.1 Å². The second-order valence-corrected chi connectivity index (χ2v) is 4.56. The van der Waals surface area contributed by atoms with Gasteiger partial charge >= 0.3 is 0 Å². The lowest BCUT2D eigenvalue weighted by atomic mass is 10.0. The first-order valence-electron chi connectivity index (χ1n) is 6.30. The van der Waals surface area contributed by atoms with Gasteiger partial charge in [-0.05, 0) is 12.1 Å². The third kappa shape index (κ3) is 2.40. The summed E-state index contributed by atoms with van der Waals surface area (Å²) in [4.78, 5) is 22.8. The quantitative estimate of drug-likeness (QED) is 0.859. The molecule has 1 aliphatic rings. The van der Waals surface area contributed by atoms with Crippen LogP contribution in [-0.4, -0.2) is 29.3 Å². The third-order valence-electron chi connectivity index (χ3n) is 3.22. The van der Waals surface area contributed by atoms with Crippen molar-refractivity contribution in [1.82, 2.24) is 15.5 Å². The number of amides is 1. The second kappa shape index (κ2) is 5.16. The Balaban J connectivity index is 1.65. The van der Waals surface area contributed by atoms with Gasteiger partial charge in [0.05, 0.1) is 6.61 Å². The fourth-order valence-corrected chi connectivity index (χ4v) is 2.18. The summed E-state index contributed by atoms with van der Waals surface area (Å²) in [5, 5.41) is 8.72. The summed E-state index contributed by atoms with van der Waals surface area (Å²) in [5.74, 6) is 0.692. The van der Waals surface area contributed by atoms with Crippen molar-refractivity contribution in [3.8, 4) is 5.75 Å². The van der Waals surface area contributed by atoms with Gasteiger partial charge in [-0.25, -0.2) is 5.10 Å². The highest BCUT2D eigenvalue weighted by Crippen LogP contribution is 2.32. The number of hydrogen-bond donors (Lipinski definition) is 2. The number of carbonyl (C=O) groups is 1. The summed E-state index contributed by atoms with van der Waals surface area (Å²) in [6.45, 7) is 1.02. The average Bonchev–Trinajstić information content (AvgIpc) is 2.89. The van der Waals surface area contributed by atoms with Crippen molar-refractivity contribution in [2.75, 3.05) is 13.2 Å². The van der Waals surface area contributed by atoms with Crippen molar-refractivity contribution in [2.24, 2.45) is 0 Å². The molecule has 0 saturated carbocycles. The molecule has 1 aromatic heterocycles. The minimum Gasteiger partial charge on any atom is -0.493 e. The van der Waals surface area contributed by atoms with Gasteiger partial charge in [0.15, 0.2) is 0 Å². The number of hydrogen-bond acceptors (Lipinski definition) is 4. The number of fused-ring (bicyclic) bond motifs is 1. The van der Waals surface area contributed by atoms with E-state index in [0.717, 1.165) is 11.3 Å². The maximum Gasteiger partial charge on any atom is 0.271 e. The normalized spacial score (nSPS) is 16.3. The summed E-state index contributed by atoms with van der Waals surface area (Å²) in [6, 6.07) is 10.5. The van der Waals surface area contributed by atoms with Crippen molar-refractivity contribution in [3.63, 3.8) is 0 Å². The number of ether oxygens (including phenoxy) is 1. The molecule has 102 valence electrons. The molecule has 0 saturated heterocycles. The molecule has 1 aromatic carbocycles. The van der Waals surface area contributed by atoms with Crippen molar-refractivity contribution in [2.45, 2.75) is 5.92 Å². The van der Waals surface area contributed by atoms with Crippen LogP contribution in [-0.2, 0) is 0 Å². The van der Waals surface area contributed by atoms with Crippen LogP contribution in [0, 0.1) is 0 Å². The number of para-hydroxylation sites is 1. The number of aromatic nitrogens is 2. The lowest BCUT2D eigenvalue weighted by Crippen LogP contribution is -2.30. The summed E-state index contributed by atoms with van der Waals surface area (Å²) >= 11 is 0. The summed E-state index contributed by atoms with van der Waals surface area (Å²) < 4.78 is 5.55. The van der Waals surface area contributed by atoms with Crippen LogP contribution in [0.4, 0.5) is 0 Å². The second-order valence-electron chi connectivity index (χ2n) is 4.56. The first-order chi connectivity index (χ1) is 9.74. The number of H-pyrrole nitrogens is 1. The zero-order chi connectivity index (χ0) is 13.9. The molecule has 0 bridgehead atoms. The monoisotopic (exact) mass is 271 g/mol. The number of carbonyl (C=O) groups excluding carboxylic acids is 1. The van der Waals surface area contributed by atoms with Gasteiger partial charge in [-0.2, -0.15) is 5.10 Å². The van der Waals surface area contributed by atoms with Crippen LogP contribution >= 0.6 is 0 Å². The van der Waals surface area contributed by atoms with E-state index in [1.807, 2.05) is 24.3 Å². The zero-order valence-electron chi connectivity index (χ0n) is 10.6. The van der Waals surface area contributed by atoms with E-state index in [2.05, 4.69) is 15.5 Å². The predicted molar refractivity (Wildman–Crippen MR) is 71.9 cm³/mol. The molecule has 6 heteroatoms. The molecule has 6 nitrogen and oxygen atoms in total. The standard InChI is InChI=1S/C14H13N3O3/c18-13-6-5-11(16-17-13)14(19)15-7-9-8-20-12-4-2-1-3-10(9)12/h1-6,9H,7-8H2,(H,15,19)(H,17,18).